The van der Waals surface area contributed by atoms with Crippen molar-refractivity contribution < 1.29 is 9.59 Å². The minimum absolute atomic E-state index is 0.0386. The number of para-hydroxylation sites is 1. The maximum atomic E-state index is 13.0. The number of fused-ring (bicyclic) bond motifs is 1. The normalized spacial score (nSPS) is 17.1. The maximum Gasteiger partial charge on any atom is 0.274 e. The van der Waals surface area contributed by atoms with Crippen LogP contribution in [-0.4, -0.2) is 45.0 Å². The van der Waals surface area contributed by atoms with Crippen molar-refractivity contribution in [1.29, 1.82) is 0 Å². The van der Waals surface area contributed by atoms with Gasteiger partial charge in [-0.05, 0) is 37.0 Å². The Bertz CT molecular complexity index is 1070. The summed E-state index contributed by atoms with van der Waals surface area (Å²) < 4.78 is 0. The van der Waals surface area contributed by atoms with Crippen molar-refractivity contribution >= 4 is 22.7 Å². The highest BCUT2D eigenvalue weighted by Crippen LogP contribution is 2.30. The van der Waals surface area contributed by atoms with Crippen LogP contribution in [-0.2, 0) is 0 Å². The summed E-state index contributed by atoms with van der Waals surface area (Å²) in [7, 11) is 0. The van der Waals surface area contributed by atoms with Crippen molar-refractivity contribution in [2.24, 2.45) is 5.73 Å². The number of carbonyl (C=O) groups excluding carboxylic acids is 2. The Balaban J connectivity index is 1.63. The van der Waals surface area contributed by atoms with Gasteiger partial charge in [0.15, 0.2) is 0 Å². The van der Waals surface area contributed by atoms with E-state index < -0.39 is 5.91 Å². The molecule has 1 saturated heterocycles. The van der Waals surface area contributed by atoms with Gasteiger partial charge in [0.1, 0.15) is 5.69 Å². The Morgan fingerprint density at radius 2 is 2.03 bits per heavy atom. The van der Waals surface area contributed by atoms with Gasteiger partial charge in [0.2, 0.25) is 0 Å². The van der Waals surface area contributed by atoms with Gasteiger partial charge in [-0.1, -0.05) is 32.0 Å². The number of carbonyl (C=O) groups is 2. The number of benzene rings is 1. The first-order valence-electron chi connectivity index (χ1n) is 9.98. The van der Waals surface area contributed by atoms with Crippen molar-refractivity contribution in [2.75, 3.05) is 13.1 Å². The molecule has 1 aromatic carbocycles. The number of hydrogen-bond donors (Lipinski definition) is 2. The van der Waals surface area contributed by atoms with Gasteiger partial charge in [0.05, 0.1) is 16.8 Å². The highest BCUT2D eigenvalue weighted by molar-refractivity contribution is 5.98. The Hall–Kier alpha value is -3.22. The van der Waals surface area contributed by atoms with E-state index in [1.807, 2.05) is 36.4 Å². The van der Waals surface area contributed by atoms with Gasteiger partial charge in [-0.2, -0.15) is 5.10 Å². The van der Waals surface area contributed by atoms with Crippen molar-refractivity contribution in [3.63, 3.8) is 0 Å². The average molecular weight is 391 g/mol. The summed E-state index contributed by atoms with van der Waals surface area (Å²) in [5, 5.41) is 8.01. The molecule has 7 heteroatoms. The fourth-order valence-electron chi connectivity index (χ4n) is 3.93. The van der Waals surface area contributed by atoms with Gasteiger partial charge < -0.3 is 10.6 Å². The van der Waals surface area contributed by atoms with Gasteiger partial charge in [-0.25, -0.2) is 0 Å². The summed E-state index contributed by atoms with van der Waals surface area (Å²) >= 11 is 0. The molecule has 1 atom stereocenters. The maximum absolute atomic E-state index is 13.0. The molecule has 0 bridgehead atoms. The summed E-state index contributed by atoms with van der Waals surface area (Å²) in [6, 6.07) is 11.3. The summed E-state index contributed by atoms with van der Waals surface area (Å²) in [6.45, 7) is 5.26. The van der Waals surface area contributed by atoms with E-state index in [4.69, 9.17) is 10.7 Å². The predicted molar refractivity (Wildman–Crippen MR) is 111 cm³/mol. The number of primary amides is 1. The number of H-pyrrole nitrogens is 1. The molecule has 150 valence electrons. The number of likely N-dealkylation sites (tertiary alicyclic amines) is 1. The van der Waals surface area contributed by atoms with Crippen LogP contribution >= 0.6 is 0 Å². The van der Waals surface area contributed by atoms with E-state index in [1.54, 1.807) is 4.90 Å². The third-order valence-electron chi connectivity index (χ3n) is 5.55. The Morgan fingerprint density at radius 1 is 1.24 bits per heavy atom. The van der Waals surface area contributed by atoms with Crippen LogP contribution in [0.1, 0.15) is 70.8 Å². The standard InChI is InChI=1S/C22H25N5O2/c1-13(2)18-11-19(26-25-18)22(29)27-9-5-7-15(12-27)20-16(21(23)28)10-14-6-3-4-8-17(14)24-20/h3-4,6,8,10-11,13,15H,5,7,9,12H2,1-2H3,(H2,23,28)(H,25,26)/t15-/m0/s1. The van der Waals surface area contributed by atoms with Crippen LogP contribution in [0.3, 0.4) is 0 Å². The molecule has 2 amide bonds. The molecule has 7 nitrogen and oxygen atoms in total. The molecular weight excluding hydrogens is 366 g/mol. The largest absolute Gasteiger partial charge is 0.366 e. The second kappa shape index (κ2) is 7.66. The molecule has 3 N–H and O–H groups in total. The lowest BCUT2D eigenvalue weighted by molar-refractivity contribution is 0.0700. The second-order valence-electron chi connectivity index (χ2n) is 7.93. The lowest BCUT2D eigenvalue weighted by atomic mass is 9.90. The van der Waals surface area contributed by atoms with E-state index in [-0.39, 0.29) is 17.7 Å². The Kier molecular flexibility index (Phi) is 5.05. The van der Waals surface area contributed by atoms with Crippen LogP contribution in [0.2, 0.25) is 0 Å². The van der Waals surface area contributed by atoms with Crippen LogP contribution < -0.4 is 5.73 Å². The lowest BCUT2D eigenvalue weighted by Crippen LogP contribution is -2.40. The van der Waals surface area contributed by atoms with Crippen molar-refractivity contribution in [1.82, 2.24) is 20.1 Å². The zero-order chi connectivity index (χ0) is 20.5. The summed E-state index contributed by atoms with van der Waals surface area (Å²) in [5.74, 6) is -0.351. The predicted octanol–water partition coefficient (Wildman–Crippen LogP) is 3.20. The minimum Gasteiger partial charge on any atom is -0.366 e. The minimum atomic E-state index is -0.490. The molecule has 2 aromatic heterocycles. The number of aromatic amines is 1. The molecule has 0 radical (unpaired) electrons. The molecule has 0 saturated carbocycles. The molecule has 1 aliphatic rings. The van der Waals surface area contributed by atoms with E-state index >= 15 is 0 Å². The van der Waals surface area contributed by atoms with E-state index in [0.717, 1.165) is 29.4 Å². The molecule has 0 aliphatic carbocycles. The number of piperidine rings is 1. The average Bonchev–Trinajstić information content (AvgIpc) is 3.23. The van der Waals surface area contributed by atoms with Crippen LogP contribution in [0.25, 0.3) is 10.9 Å². The molecule has 1 aliphatic heterocycles. The van der Waals surface area contributed by atoms with Gasteiger partial charge in [-0.15, -0.1) is 0 Å². The fraction of sp³-hybridized carbons (Fsp3) is 0.364. The molecule has 4 rings (SSSR count). The van der Waals surface area contributed by atoms with Crippen LogP contribution in [0.4, 0.5) is 0 Å². The third kappa shape index (κ3) is 3.72. The quantitative estimate of drug-likeness (QED) is 0.712. The van der Waals surface area contributed by atoms with Gasteiger partial charge in [0.25, 0.3) is 11.8 Å². The number of nitrogens with zero attached hydrogens (tertiary/aromatic N) is 3. The second-order valence-corrected chi connectivity index (χ2v) is 7.93. The molecule has 1 fully saturated rings. The lowest BCUT2D eigenvalue weighted by Gasteiger charge is -2.32. The highest BCUT2D eigenvalue weighted by atomic mass is 16.2. The summed E-state index contributed by atoms with van der Waals surface area (Å²) in [4.78, 5) is 31.6. The van der Waals surface area contributed by atoms with Crippen LogP contribution in [0, 0.1) is 0 Å². The number of hydrogen-bond acceptors (Lipinski definition) is 4. The van der Waals surface area contributed by atoms with Crippen molar-refractivity contribution in [3.05, 3.63) is 59.0 Å². The van der Waals surface area contributed by atoms with Crippen LogP contribution in [0.15, 0.2) is 36.4 Å². The number of nitrogens with two attached hydrogens (primary N) is 1. The number of aromatic nitrogens is 3. The van der Waals surface area contributed by atoms with Crippen LogP contribution in [0.5, 0.6) is 0 Å². The van der Waals surface area contributed by atoms with Crippen molar-refractivity contribution in [3.8, 4) is 0 Å². The number of amides is 2. The Labute approximate surface area is 169 Å². The molecule has 0 spiro atoms. The first kappa shape index (κ1) is 19.1. The Morgan fingerprint density at radius 3 is 2.76 bits per heavy atom. The van der Waals surface area contributed by atoms with E-state index in [2.05, 4.69) is 24.0 Å². The van der Waals surface area contributed by atoms with E-state index in [0.29, 0.717) is 30.0 Å². The summed E-state index contributed by atoms with van der Waals surface area (Å²) in [6.07, 6.45) is 1.69. The van der Waals surface area contributed by atoms with Crippen molar-refractivity contribution in [2.45, 2.75) is 38.5 Å². The number of pyridine rings is 1. The van der Waals surface area contributed by atoms with Gasteiger partial charge >= 0.3 is 0 Å². The number of nitrogens with one attached hydrogen (secondary N) is 1. The zero-order valence-corrected chi connectivity index (χ0v) is 16.7. The monoisotopic (exact) mass is 391 g/mol. The molecule has 29 heavy (non-hydrogen) atoms. The topological polar surface area (TPSA) is 105 Å². The highest BCUT2D eigenvalue weighted by Gasteiger charge is 2.30. The summed E-state index contributed by atoms with van der Waals surface area (Å²) in [5.41, 5.74) is 8.96. The van der Waals surface area contributed by atoms with E-state index in [1.165, 1.54) is 0 Å². The molecule has 3 aromatic rings. The molecule has 3 heterocycles. The molecular formula is C22H25N5O2. The first-order valence-corrected chi connectivity index (χ1v) is 9.98. The van der Waals surface area contributed by atoms with Gasteiger partial charge in [0, 0.05) is 30.1 Å². The fourth-order valence-corrected chi connectivity index (χ4v) is 3.93. The van der Waals surface area contributed by atoms with E-state index in [9.17, 15) is 9.59 Å². The first-order chi connectivity index (χ1) is 13.9. The smallest absolute Gasteiger partial charge is 0.274 e. The number of rotatable bonds is 4. The van der Waals surface area contributed by atoms with Gasteiger partial charge in [-0.3, -0.25) is 19.7 Å². The third-order valence-corrected chi connectivity index (χ3v) is 5.55. The molecule has 0 unspecified atom stereocenters. The SMILES string of the molecule is CC(C)c1cc(C(=O)N2CCC[C@H](c3nc4ccccc4cc3C(N)=O)C2)n[nH]1. The zero-order valence-electron chi connectivity index (χ0n) is 16.7.